The van der Waals surface area contributed by atoms with E-state index in [0.717, 1.165) is 16.8 Å². The molecule has 0 saturated heterocycles. The van der Waals surface area contributed by atoms with Crippen molar-refractivity contribution in [2.75, 3.05) is 11.9 Å². The molecule has 0 radical (unpaired) electrons. The molecular weight excluding hydrogens is 353 g/mol. The predicted molar refractivity (Wildman–Crippen MR) is 90.2 cm³/mol. The van der Waals surface area contributed by atoms with Gasteiger partial charge in [0.25, 0.3) is 5.91 Å². The van der Waals surface area contributed by atoms with Gasteiger partial charge in [0.15, 0.2) is 5.13 Å². The van der Waals surface area contributed by atoms with Crippen molar-refractivity contribution in [2.24, 2.45) is 0 Å². The zero-order valence-corrected chi connectivity index (χ0v) is 13.9. The first kappa shape index (κ1) is 17.2. The Hall–Kier alpha value is -2.61. The number of anilines is 1. The van der Waals surface area contributed by atoms with Crippen LogP contribution in [0.25, 0.3) is 10.2 Å². The van der Waals surface area contributed by atoms with E-state index in [9.17, 15) is 18.0 Å². The molecule has 130 valence electrons. The van der Waals surface area contributed by atoms with Crippen molar-refractivity contribution in [3.63, 3.8) is 0 Å². The van der Waals surface area contributed by atoms with Gasteiger partial charge < -0.3 is 4.74 Å². The summed E-state index contributed by atoms with van der Waals surface area (Å²) in [4.78, 5) is 16.5. The number of carbonyl (C=O) groups excluding carboxylic acids is 1. The summed E-state index contributed by atoms with van der Waals surface area (Å²) in [6.45, 7) is 2.32. The molecule has 0 unspecified atom stereocenters. The molecule has 0 spiro atoms. The highest BCUT2D eigenvalue weighted by atomic mass is 32.1. The van der Waals surface area contributed by atoms with Crippen LogP contribution in [0.5, 0.6) is 5.75 Å². The minimum atomic E-state index is -4.50. The Morgan fingerprint density at radius 1 is 1.24 bits per heavy atom. The van der Waals surface area contributed by atoms with Gasteiger partial charge in [0.05, 0.1) is 16.9 Å². The van der Waals surface area contributed by atoms with Crippen LogP contribution in [0.2, 0.25) is 0 Å². The Morgan fingerprint density at radius 3 is 2.72 bits per heavy atom. The number of alkyl halides is 3. The first-order valence-electron chi connectivity index (χ1n) is 7.39. The standard InChI is InChI=1S/C17H13F3N2O2S/c1-2-24-12-7-4-8-13-14(12)21-16(25-13)22-15(23)10-5-3-6-11(9-10)17(18,19)20/h3-9H,2H2,1H3,(H,21,22,23). The van der Waals surface area contributed by atoms with E-state index < -0.39 is 17.6 Å². The van der Waals surface area contributed by atoms with Crippen LogP contribution in [-0.2, 0) is 6.18 Å². The number of halogens is 3. The fourth-order valence-electron chi connectivity index (χ4n) is 2.25. The Balaban J connectivity index is 1.86. The van der Waals surface area contributed by atoms with E-state index in [2.05, 4.69) is 10.3 Å². The van der Waals surface area contributed by atoms with Crippen LogP contribution in [0.4, 0.5) is 18.3 Å². The second-order valence-corrected chi connectivity index (χ2v) is 6.12. The molecule has 1 amide bonds. The average Bonchev–Trinajstić information content (AvgIpc) is 2.98. The zero-order valence-electron chi connectivity index (χ0n) is 13.1. The normalized spacial score (nSPS) is 11.5. The molecule has 3 aromatic rings. The highest BCUT2D eigenvalue weighted by Gasteiger charge is 2.31. The molecule has 0 saturated carbocycles. The summed E-state index contributed by atoms with van der Waals surface area (Å²) < 4.78 is 44.6. The summed E-state index contributed by atoms with van der Waals surface area (Å²) in [5.41, 5.74) is -0.351. The van der Waals surface area contributed by atoms with Crippen molar-refractivity contribution in [3.8, 4) is 5.75 Å². The molecule has 0 fully saturated rings. The molecule has 0 aliphatic heterocycles. The molecule has 3 rings (SSSR count). The molecule has 1 N–H and O–H groups in total. The average molecular weight is 366 g/mol. The predicted octanol–water partition coefficient (Wildman–Crippen LogP) is 4.97. The van der Waals surface area contributed by atoms with Crippen LogP contribution in [0.15, 0.2) is 42.5 Å². The number of carbonyl (C=O) groups is 1. The first-order valence-corrected chi connectivity index (χ1v) is 8.21. The number of thiazole rings is 1. The van der Waals surface area contributed by atoms with Crippen molar-refractivity contribution < 1.29 is 22.7 Å². The number of ether oxygens (including phenoxy) is 1. The highest BCUT2D eigenvalue weighted by Crippen LogP contribution is 2.33. The fraction of sp³-hybridized carbons (Fsp3) is 0.176. The molecule has 8 heteroatoms. The van der Waals surface area contributed by atoms with Crippen molar-refractivity contribution in [3.05, 3.63) is 53.6 Å². The third-order valence-electron chi connectivity index (χ3n) is 3.35. The second kappa shape index (κ2) is 6.72. The van der Waals surface area contributed by atoms with E-state index >= 15 is 0 Å². The van der Waals surface area contributed by atoms with E-state index in [1.54, 1.807) is 6.07 Å². The lowest BCUT2D eigenvalue weighted by molar-refractivity contribution is -0.137. The van der Waals surface area contributed by atoms with Gasteiger partial charge in [-0.15, -0.1) is 0 Å². The lowest BCUT2D eigenvalue weighted by atomic mass is 10.1. The molecule has 4 nitrogen and oxygen atoms in total. The zero-order chi connectivity index (χ0) is 18.0. The Morgan fingerprint density at radius 2 is 2.00 bits per heavy atom. The summed E-state index contributed by atoms with van der Waals surface area (Å²) >= 11 is 1.22. The summed E-state index contributed by atoms with van der Waals surface area (Å²) in [7, 11) is 0. The SMILES string of the molecule is CCOc1cccc2sc(NC(=O)c3cccc(C(F)(F)F)c3)nc12. The van der Waals surface area contributed by atoms with Gasteiger partial charge in [0.1, 0.15) is 11.3 Å². The topological polar surface area (TPSA) is 51.2 Å². The van der Waals surface area contributed by atoms with Crippen LogP contribution in [-0.4, -0.2) is 17.5 Å². The van der Waals surface area contributed by atoms with Crippen LogP contribution in [0, 0.1) is 0 Å². The highest BCUT2D eigenvalue weighted by molar-refractivity contribution is 7.22. The monoisotopic (exact) mass is 366 g/mol. The number of hydrogen-bond donors (Lipinski definition) is 1. The van der Waals surface area contributed by atoms with Gasteiger partial charge >= 0.3 is 6.18 Å². The van der Waals surface area contributed by atoms with Gasteiger partial charge in [-0.05, 0) is 37.3 Å². The number of amides is 1. The number of rotatable bonds is 4. The first-order chi connectivity index (χ1) is 11.9. The van der Waals surface area contributed by atoms with E-state index in [-0.39, 0.29) is 5.56 Å². The molecule has 25 heavy (non-hydrogen) atoms. The molecule has 2 aromatic carbocycles. The van der Waals surface area contributed by atoms with Crippen LogP contribution in [0.1, 0.15) is 22.8 Å². The molecule has 0 aliphatic rings. The van der Waals surface area contributed by atoms with Crippen LogP contribution < -0.4 is 10.1 Å². The third kappa shape index (κ3) is 3.74. The quantitative estimate of drug-likeness (QED) is 0.710. The van der Waals surface area contributed by atoms with Gasteiger partial charge in [-0.3, -0.25) is 10.1 Å². The van der Waals surface area contributed by atoms with Crippen molar-refractivity contribution in [1.29, 1.82) is 0 Å². The van der Waals surface area contributed by atoms with Gasteiger partial charge in [-0.25, -0.2) is 4.98 Å². The molecule has 0 atom stereocenters. The third-order valence-corrected chi connectivity index (χ3v) is 4.29. The lowest BCUT2D eigenvalue weighted by Gasteiger charge is -2.08. The van der Waals surface area contributed by atoms with Gasteiger partial charge in [0, 0.05) is 5.56 Å². The van der Waals surface area contributed by atoms with Crippen molar-refractivity contribution in [2.45, 2.75) is 13.1 Å². The second-order valence-electron chi connectivity index (χ2n) is 5.09. The van der Waals surface area contributed by atoms with Gasteiger partial charge in [0.2, 0.25) is 0 Å². The molecule has 1 aromatic heterocycles. The summed E-state index contributed by atoms with van der Waals surface area (Å²) in [5, 5.41) is 2.84. The molecular formula is C17H13F3N2O2S. The minimum absolute atomic E-state index is 0.0842. The van der Waals surface area contributed by atoms with E-state index in [1.807, 2.05) is 19.1 Å². The summed E-state index contributed by atoms with van der Waals surface area (Å²) in [6.07, 6.45) is -4.50. The lowest BCUT2D eigenvalue weighted by Crippen LogP contribution is -2.13. The number of benzene rings is 2. The van der Waals surface area contributed by atoms with Crippen molar-refractivity contribution in [1.82, 2.24) is 4.98 Å². The summed E-state index contributed by atoms with van der Waals surface area (Å²) in [5.74, 6) is -0.0565. The number of nitrogens with zero attached hydrogens (tertiary/aromatic N) is 1. The number of aromatic nitrogens is 1. The maximum atomic E-state index is 12.8. The number of fused-ring (bicyclic) bond motifs is 1. The van der Waals surface area contributed by atoms with E-state index in [4.69, 9.17) is 4.74 Å². The number of para-hydroxylation sites is 1. The maximum absolute atomic E-state index is 12.8. The molecule has 1 heterocycles. The van der Waals surface area contributed by atoms with Crippen molar-refractivity contribution >= 4 is 32.6 Å². The summed E-state index contributed by atoms with van der Waals surface area (Å²) in [6, 6.07) is 9.66. The van der Waals surface area contributed by atoms with Crippen LogP contribution >= 0.6 is 11.3 Å². The molecule has 0 aliphatic carbocycles. The fourth-order valence-corrected chi connectivity index (χ4v) is 3.13. The smallest absolute Gasteiger partial charge is 0.416 e. The van der Waals surface area contributed by atoms with Crippen LogP contribution in [0.3, 0.4) is 0 Å². The Bertz CT molecular complexity index is 922. The van der Waals surface area contributed by atoms with E-state index in [0.29, 0.717) is 23.0 Å². The Labute approximate surface area is 145 Å². The minimum Gasteiger partial charge on any atom is -0.492 e. The Kier molecular flexibility index (Phi) is 4.63. The largest absolute Gasteiger partial charge is 0.492 e. The number of nitrogens with one attached hydrogen (secondary N) is 1. The molecule has 0 bridgehead atoms. The van der Waals surface area contributed by atoms with Gasteiger partial charge in [-0.2, -0.15) is 13.2 Å². The van der Waals surface area contributed by atoms with E-state index in [1.165, 1.54) is 23.5 Å². The number of hydrogen-bond acceptors (Lipinski definition) is 4. The van der Waals surface area contributed by atoms with Gasteiger partial charge in [-0.1, -0.05) is 23.5 Å². The maximum Gasteiger partial charge on any atom is 0.416 e.